The first-order valence-electron chi connectivity index (χ1n) is 26.0. The van der Waals surface area contributed by atoms with Gasteiger partial charge in [-0.05, 0) is 0 Å². The van der Waals surface area contributed by atoms with Gasteiger partial charge in [0.2, 0.25) is 0 Å². The van der Waals surface area contributed by atoms with Crippen LogP contribution in [0.25, 0.3) is 21.5 Å². The van der Waals surface area contributed by atoms with Gasteiger partial charge in [0.1, 0.15) is 0 Å². The Morgan fingerprint density at radius 2 is 0.671 bits per heavy atom. The van der Waals surface area contributed by atoms with Crippen LogP contribution in [0.15, 0.2) is 158 Å². The summed E-state index contributed by atoms with van der Waals surface area (Å²) in [6, 6.07) is 61.0. The zero-order valence-corrected chi connectivity index (χ0v) is 44.0. The summed E-state index contributed by atoms with van der Waals surface area (Å²) in [6.07, 6.45) is 0. The van der Waals surface area contributed by atoms with Crippen LogP contribution in [0.1, 0.15) is 50.4 Å². The van der Waals surface area contributed by atoms with Crippen LogP contribution < -0.4 is 62.2 Å². The minimum absolute atomic E-state index is 0.00996. The van der Waals surface area contributed by atoms with Crippen molar-refractivity contribution >= 4 is 173 Å². The van der Waals surface area contributed by atoms with E-state index in [2.05, 4.69) is 243 Å². The van der Waals surface area contributed by atoms with E-state index in [0.717, 1.165) is 0 Å². The Kier molecular flexibility index (Phi) is 7.48. The van der Waals surface area contributed by atoms with Crippen LogP contribution in [0.2, 0.25) is 0 Å². The summed E-state index contributed by atoms with van der Waals surface area (Å²) >= 11 is 0.0848. The van der Waals surface area contributed by atoms with Crippen LogP contribution in [0, 0.1) is 0 Å². The SMILES string of the molecule is CN1c2ccccc2N2c3cc4ccccc4cc3B3c4ccc5c6c4N(c4ccc1c2c43)c1c(C(C)(C)C)[se]c(C(C)(C)C)c1N6c1ccc2c3c1B5c1cc4ccccc4cc1N3c1ccccc1N2C. The molecule has 17 rings (SSSR count). The number of benzene rings is 9. The van der Waals surface area contributed by atoms with Gasteiger partial charge < -0.3 is 0 Å². The summed E-state index contributed by atoms with van der Waals surface area (Å²) < 4.78 is 3.13. The zero-order valence-electron chi connectivity index (χ0n) is 42.3. The molecular weight excluding hydrogens is 953 g/mol. The molecule has 0 bridgehead atoms. The van der Waals surface area contributed by atoms with Gasteiger partial charge in [-0.25, -0.2) is 0 Å². The van der Waals surface area contributed by atoms with Gasteiger partial charge in [-0.2, -0.15) is 0 Å². The van der Waals surface area contributed by atoms with Crippen LogP contribution in [0.4, 0.5) is 91.0 Å². The van der Waals surface area contributed by atoms with E-state index in [1.807, 2.05) is 0 Å². The van der Waals surface area contributed by atoms with Gasteiger partial charge >= 0.3 is 436 Å². The molecule has 0 saturated carbocycles. The number of hydrogen-bond acceptors (Lipinski definition) is 6. The summed E-state index contributed by atoms with van der Waals surface area (Å²) in [7, 11) is 4.53. The number of fused-ring (bicyclic) bond motifs is 19. The van der Waals surface area contributed by atoms with Crippen LogP contribution in [-0.4, -0.2) is 42.0 Å². The molecule has 73 heavy (non-hydrogen) atoms. The third-order valence-corrected chi connectivity index (χ3v) is 21.6. The molecule has 6 nitrogen and oxygen atoms in total. The van der Waals surface area contributed by atoms with E-state index < -0.39 is 0 Å². The molecule has 9 heteroatoms. The summed E-state index contributed by atoms with van der Waals surface area (Å²) in [4.78, 5) is 15.8. The molecule has 9 aromatic carbocycles. The third kappa shape index (κ3) is 4.85. The summed E-state index contributed by atoms with van der Waals surface area (Å²) in [5, 5.41) is 5.07. The molecule has 7 aliphatic rings. The quantitative estimate of drug-likeness (QED) is 0.140. The van der Waals surface area contributed by atoms with E-state index in [-0.39, 0.29) is 38.8 Å². The molecule has 0 N–H and O–H groups in total. The number of rotatable bonds is 0. The zero-order chi connectivity index (χ0) is 48.9. The Labute approximate surface area is 433 Å². The molecule has 0 fully saturated rings. The average molecular weight is 1000 g/mol. The predicted octanol–water partition coefficient (Wildman–Crippen LogP) is 12.3. The first-order chi connectivity index (χ1) is 35.4. The molecular formula is C64H50B2N6Se. The van der Waals surface area contributed by atoms with Gasteiger partial charge in [0.25, 0.3) is 0 Å². The summed E-state index contributed by atoms with van der Waals surface area (Å²) in [6.45, 7) is 14.8. The van der Waals surface area contributed by atoms with E-state index >= 15 is 0 Å². The molecule has 1 aromatic heterocycles. The Morgan fingerprint density at radius 1 is 0.315 bits per heavy atom. The van der Waals surface area contributed by atoms with Gasteiger partial charge in [-0.3, -0.25) is 0 Å². The van der Waals surface area contributed by atoms with E-state index in [1.165, 1.54) is 145 Å². The van der Waals surface area contributed by atoms with Crippen molar-refractivity contribution in [3.63, 3.8) is 0 Å². The summed E-state index contributed by atoms with van der Waals surface area (Å²) in [5.74, 6) is 0. The molecule has 0 radical (unpaired) electrons. The first-order valence-corrected chi connectivity index (χ1v) is 27.7. The van der Waals surface area contributed by atoms with Gasteiger partial charge in [0.05, 0.1) is 0 Å². The number of para-hydroxylation sites is 4. The van der Waals surface area contributed by atoms with Crippen LogP contribution >= 0.6 is 0 Å². The van der Waals surface area contributed by atoms with Crippen molar-refractivity contribution in [2.75, 3.05) is 43.5 Å². The second kappa shape index (κ2) is 13.3. The number of hydrogen-bond donors (Lipinski definition) is 0. The van der Waals surface area contributed by atoms with E-state index in [1.54, 1.807) is 8.87 Å². The Balaban J connectivity index is 1.04. The minimum atomic E-state index is -0.0898. The molecule has 0 unspecified atom stereocenters. The molecule has 0 atom stereocenters. The van der Waals surface area contributed by atoms with Crippen molar-refractivity contribution in [1.29, 1.82) is 0 Å². The predicted molar refractivity (Wildman–Crippen MR) is 314 cm³/mol. The standard InChI is InChI=1S/C64H50B2N6Se/c1-63(2,3)61-59-60(62(73-61)64(4,5)6)72-48-28-30-50-58-54(48)66(42-32-36-18-10-12-20-38(36)34-52(42)70(58)46-24-16-14-22-44(46)68(50)8)40-26-25-39-55(56(40)72)71(59)47-27-29-49-57-53(47)65(39)41-31-35-17-9-11-19-37(35)33-51(41)69(57)45-23-15-13-21-43(45)67(49)7/h9-34H,1-8H3. The topological polar surface area (TPSA) is 19.4 Å². The average Bonchev–Trinajstić information content (AvgIpc) is 3.84. The number of nitrogens with zero attached hydrogens (tertiary/aromatic N) is 6. The second-order valence-electron chi connectivity index (χ2n) is 23.5. The van der Waals surface area contributed by atoms with E-state index in [4.69, 9.17) is 0 Å². The van der Waals surface area contributed by atoms with Crippen LogP contribution in [0.3, 0.4) is 0 Å². The maximum atomic E-state index is 2.82. The van der Waals surface area contributed by atoms with Crippen LogP contribution in [0.5, 0.6) is 0 Å². The van der Waals surface area contributed by atoms with Crippen molar-refractivity contribution in [2.24, 2.45) is 0 Å². The van der Waals surface area contributed by atoms with Gasteiger partial charge in [-0.15, -0.1) is 0 Å². The van der Waals surface area contributed by atoms with Gasteiger partial charge in [-0.1, -0.05) is 0 Å². The van der Waals surface area contributed by atoms with E-state index in [9.17, 15) is 0 Å². The Hall–Kier alpha value is -7.57. The molecule has 348 valence electrons. The fraction of sp³-hybridized carbons (Fsp3) is 0.156. The Bertz CT molecular complexity index is 3970. The Morgan fingerprint density at radius 3 is 1.07 bits per heavy atom. The maximum absolute atomic E-state index is 2.82. The normalized spacial score (nSPS) is 15.5. The number of anilines is 16. The van der Waals surface area contributed by atoms with Crippen molar-refractivity contribution in [1.82, 2.24) is 0 Å². The van der Waals surface area contributed by atoms with Crippen molar-refractivity contribution in [3.05, 3.63) is 167 Å². The molecule has 0 spiro atoms. The van der Waals surface area contributed by atoms with Crippen LogP contribution in [-0.2, 0) is 10.8 Å². The van der Waals surface area contributed by atoms with Gasteiger partial charge in [0, 0.05) is 0 Å². The molecule has 0 aliphatic carbocycles. The molecule has 0 saturated heterocycles. The third-order valence-electron chi connectivity index (χ3n) is 17.4. The fourth-order valence-corrected chi connectivity index (χ4v) is 17.3. The molecule has 8 heterocycles. The molecule has 10 aromatic rings. The first kappa shape index (κ1) is 41.0. The monoisotopic (exact) mass is 1000 g/mol. The van der Waals surface area contributed by atoms with Crippen molar-refractivity contribution in [3.8, 4) is 0 Å². The van der Waals surface area contributed by atoms with E-state index in [0.29, 0.717) is 0 Å². The van der Waals surface area contributed by atoms with Crippen molar-refractivity contribution in [2.45, 2.75) is 52.4 Å². The summed E-state index contributed by atoms with van der Waals surface area (Å²) in [5.41, 5.74) is 28.7. The molecule has 7 aliphatic heterocycles. The van der Waals surface area contributed by atoms with Gasteiger partial charge in [0.15, 0.2) is 0 Å². The second-order valence-corrected chi connectivity index (χ2v) is 25.6. The molecule has 0 amide bonds. The fourth-order valence-electron chi connectivity index (χ4n) is 14.4. The van der Waals surface area contributed by atoms with Crippen molar-refractivity contribution < 1.29 is 0 Å².